The minimum atomic E-state index is 0.889. The van der Waals surface area contributed by atoms with E-state index in [1.807, 2.05) is 18.2 Å². The fourth-order valence-corrected chi connectivity index (χ4v) is 2.58. The number of aromatic nitrogens is 1. The molecule has 2 aromatic heterocycles. The quantitative estimate of drug-likeness (QED) is 0.659. The van der Waals surface area contributed by atoms with Crippen molar-refractivity contribution in [2.45, 2.75) is 0 Å². The molecule has 0 N–H and O–H groups in total. The average molecular weight is 227 g/mol. The summed E-state index contributed by atoms with van der Waals surface area (Å²) in [4.78, 5) is 5.42. The van der Waals surface area contributed by atoms with Crippen LogP contribution in [-0.2, 0) is 0 Å². The van der Waals surface area contributed by atoms with Crippen molar-refractivity contribution in [1.82, 2.24) is 4.98 Å². The van der Waals surface area contributed by atoms with Crippen LogP contribution in [0.25, 0.3) is 21.7 Å². The Morgan fingerprint density at radius 3 is 2.69 bits per heavy atom. The van der Waals surface area contributed by atoms with Crippen LogP contribution in [0, 0.1) is 0 Å². The van der Waals surface area contributed by atoms with E-state index < -0.39 is 0 Å². The molecule has 0 amide bonds. The number of hydrogen-bond donors (Lipinski definition) is 0. The summed E-state index contributed by atoms with van der Waals surface area (Å²) < 4.78 is 5.02. The van der Waals surface area contributed by atoms with Gasteiger partial charge in [0.15, 0.2) is 6.39 Å². The molecule has 16 heavy (non-hydrogen) atoms. The van der Waals surface area contributed by atoms with E-state index in [4.69, 9.17) is 4.42 Å². The minimum Gasteiger partial charge on any atom is -0.451 e. The van der Waals surface area contributed by atoms with Crippen molar-refractivity contribution < 1.29 is 4.42 Å². The Morgan fingerprint density at radius 1 is 1.06 bits per heavy atom. The molecule has 3 aromatic rings. The minimum absolute atomic E-state index is 0.889. The van der Waals surface area contributed by atoms with Crippen LogP contribution in [0.15, 0.2) is 58.9 Å². The predicted molar refractivity (Wildman–Crippen MR) is 65.3 cm³/mol. The SMILES string of the molecule is c1ccc(-c2sccc2-c2cocn2)cc1. The van der Waals surface area contributed by atoms with Gasteiger partial charge in [-0.15, -0.1) is 11.3 Å². The fraction of sp³-hybridized carbons (Fsp3) is 0. The lowest BCUT2D eigenvalue weighted by Gasteiger charge is -2.00. The van der Waals surface area contributed by atoms with Crippen molar-refractivity contribution in [3.63, 3.8) is 0 Å². The van der Waals surface area contributed by atoms with Crippen LogP contribution in [0.2, 0.25) is 0 Å². The molecule has 2 heterocycles. The molecule has 0 saturated carbocycles. The number of hydrogen-bond acceptors (Lipinski definition) is 3. The second-order valence-corrected chi connectivity index (χ2v) is 4.32. The second kappa shape index (κ2) is 3.94. The maximum atomic E-state index is 5.02. The smallest absolute Gasteiger partial charge is 0.181 e. The lowest BCUT2D eigenvalue weighted by atomic mass is 10.1. The third kappa shape index (κ3) is 1.55. The lowest BCUT2D eigenvalue weighted by molar-refractivity contribution is 0.558. The molecule has 0 saturated heterocycles. The van der Waals surface area contributed by atoms with E-state index in [1.54, 1.807) is 17.6 Å². The summed E-state index contributed by atoms with van der Waals surface area (Å²) in [5.41, 5.74) is 3.24. The Kier molecular flexibility index (Phi) is 2.31. The number of nitrogens with zero attached hydrogens (tertiary/aromatic N) is 1. The van der Waals surface area contributed by atoms with E-state index in [2.05, 4.69) is 28.6 Å². The molecule has 0 unspecified atom stereocenters. The van der Waals surface area contributed by atoms with Gasteiger partial charge in [0.1, 0.15) is 12.0 Å². The third-order valence-electron chi connectivity index (χ3n) is 2.41. The molecule has 0 atom stereocenters. The molecule has 0 spiro atoms. The summed E-state index contributed by atoms with van der Waals surface area (Å²) in [5.74, 6) is 0. The van der Waals surface area contributed by atoms with Crippen molar-refractivity contribution >= 4 is 11.3 Å². The van der Waals surface area contributed by atoms with Crippen LogP contribution < -0.4 is 0 Å². The molecular formula is C13H9NOS. The van der Waals surface area contributed by atoms with Gasteiger partial charge in [-0.05, 0) is 17.0 Å². The summed E-state index contributed by atoms with van der Waals surface area (Å²) in [6.45, 7) is 0. The van der Waals surface area contributed by atoms with Crippen LogP contribution in [0.4, 0.5) is 0 Å². The van der Waals surface area contributed by atoms with Crippen LogP contribution in [-0.4, -0.2) is 4.98 Å². The first-order chi connectivity index (χ1) is 7.95. The maximum absolute atomic E-state index is 5.02. The monoisotopic (exact) mass is 227 g/mol. The molecule has 3 rings (SSSR count). The number of benzene rings is 1. The van der Waals surface area contributed by atoms with Crippen molar-refractivity contribution in [1.29, 1.82) is 0 Å². The van der Waals surface area contributed by atoms with Gasteiger partial charge in [-0.3, -0.25) is 0 Å². The van der Waals surface area contributed by atoms with Crippen molar-refractivity contribution in [3.05, 3.63) is 54.4 Å². The van der Waals surface area contributed by atoms with Gasteiger partial charge in [-0.2, -0.15) is 0 Å². The first kappa shape index (κ1) is 9.36. The largest absolute Gasteiger partial charge is 0.451 e. The Balaban J connectivity index is 2.14. The summed E-state index contributed by atoms with van der Waals surface area (Å²) in [6.07, 6.45) is 3.14. The zero-order valence-corrected chi connectivity index (χ0v) is 9.28. The average Bonchev–Trinajstić information content (AvgIpc) is 3.01. The number of thiophene rings is 1. The van der Waals surface area contributed by atoms with Gasteiger partial charge in [-0.25, -0.2) is 4.98 Å². The van der Waals surface area contributed by atoms with E-state index in [-0.39, 0.29) is 0 Å². The second-order valence-electron chi connectivity index (χ2n) is 3.40. The molecule has 1 aromatic carbocycles. The summed E-state index contributed by atoms with van der Waals surface area (Å²) in [5, 5.41) is 2.08. The molecule has 3 heteroatoms. The van der Waals surface area contributed by atoms with E-state index in [1.165, 1.54) is 16.8 Å². The van der Waals surface area contributed by atoms with E-state index in [0.29, 0.717) is 0 Å². The molecule has 0 radical (unpaired) electrons. The maximum Gasteiger partial charge on any atom is 0.181 e. The van der Waals surface area contributed by atoms with Crippen LogP contribution in [0.3, 0.4) is 0 Å². The third-order valence-corrected chi connectivity index (χ3v) is 3.37. The molecule has 0 aliphatic heterocycles. The summed E-state index contributed by atoms with van der Waals surface area (Å²) in [7, 11) is 0. The first-order valence-electron chi connectivity index (χ1n) is 4.96. The molecule has 0 bridgehead atoms. The van der Waals surface area contributed by atoms with Crippen molar-refractivity contribution in [2.75, 3.05) is 0 Å². The molecule has 2 nitrogen and oxygen atoms in total. The van der Waals surface area contributed by atoms with Gasteiger partial charge in [0.05, 0.1) is 0 Å². The molecule has 0 aliphatic carbocycles. The van der Waals surface area contributed by atoms with Crippen LogP contribution >= 0.6 is 11.3 Å². The highest BCUT2D eigenvalue weighted by atomic mass is 32.1. The van der Waals surface area contributed by atoms with Crippen LogP contribution in [0.1, 0.15) is 0 Å². The number of rotatable bonds is 2. The van der Waals surface area contributed by atoms with Crippen LogP contribution in [0.5, 0.6) is 0 Å². The lowest BCUT2D eigenvalue weighted by Crippen LogP contribution is -1.77. The predicted octanol–water partition coefficient (Wildman–Crippen LogP) is 4.07. The van der Waals surface area contributed by atoms with Gasteiger partial charge in [0, 0.05) is 10.4 Å². The summed E-state index contributed by atoms with van der Waals surface area (Å²) >= 11 is 1.72. The van der Waals surface area contributed by atoms with E-state index >= 15 is 0 Å². The molecule has 0 aliphatic rings. The van der Waals surface area contributed by atoms with Gasteiger partial charge >= 0.3 is 0 Å². The van der Waals surface area contributed by atoms with Gasteiger partial charge in [0.2, 0.25) is 0 Å². The highest BCUT2D eigenvalue weighted by Crippen LogP contribution is 2.35. The van der Waals surface area contributed by atoms with E-state index in [9.17, 15) is 0 Å². The topological polar surface area (TPSA) is 26.0 Å². The molecule has 78 valence electrons. The Morgan fingerprint density at radius 2 is 1.94 bits per heavy atom. The highest BCUT2D eigenvalue weighted by molar-refractivity contribution is 7.14. The van der Waals surface area contributed by atoms with Crippen molar-refractivity contribution in [2.24, 2.45) is 0 Å². The molecule has 0 fully saturated rings. The van der Waals surface area contributed by atoms with Crippen molar-refractivity contribution in [3.8, 4) is 21.7 Å². The highest BCUT2D eigenvalue weighted by Gasteiger charge is 2.10. The van der Waals surface area contributed by atoms with Gasteiger partial charge in [0.25, 0.3) is 0 Å². The fourth-order valence-electron chi connectivity index (χ4n) is 1.67. The molecular weight excluding hydrogens is 218 g/mol. The standard InChI is InChI=1S/C13H9NOS/c1-2-4-10(5-3-1)13-11(6-7-16-13)12-8-15-9-14-12/h1-9H. The normalized spacial score (nSPS) is 10.5. The Hall–Kier alpha value is -1.87. The van der Waals surface area contributed by atoms with Gasteiger partial charge < -0.3 is 4.42 Å². The number of oxazole rings is 1. The van der Waals surface area contributed by atoms with Gasteiger partial charge in [-0.1, -0.05) is 30.3 Å². The summed E-state index contributed by atoms with van der Waals surface area (Å²) in [6, 6.07) is 12.4. The van der Waals surface area contributed by atoms with E-state index in [0.717, 1.165) is 11.3 Å². The zero-order valence-electron chi connectivity index (χ0n) is 8.46. The Bertz CT molecular complexity index is 569. The Labute approximate surface area is 97.2 Å². The first-order valence-corrected chi connectivity index (χ1v) is 5.84. The zero-order chi connectivity index (χ0) is 10.8.